The molecule has 1 aromatic rings. The maximum atomic E-state index is 5.91. The number of rotatable bonds is 3. The zero-order chi connectivity index (χ0) is 13.2. The topological polar surface area (TPSA) is 3.24 Å². The Bertz CT molecular complexity index is 442. The van der Waals surface area contributed by atoms with Gasteiger partial charge in [0.05, 0.1) is 5.69 Å². The molecule has 1 aliphatic heterocycles. The van der Waals surface area contributed by atoms with Crippen molar-refractivity contribution < 1.29 is 0 Å². The molecule has 1 atom stereocenters. The first kappa shape index (κ1) is 13.8. The molecule has 0 spiro atoms. The van der Waals surface area contributed by atoms with E-state index in [1.807, 2.05) is 0 Å². The summed E-state index contributed by atoms with van der Waals surface area (Å²) >= 11 is 9.64. The van der Waals surface area contributed by atoms with Gasteiger partial charge in [0, 0.05) is 22.9 Å². The van der Waals surface area contributed by atoms with Crippen LogP contribution in [0.15, 0.2) is 22.7 Å². The molecule has 2 aliphatic rings. The Morgan fingerprint density at radius 2 is 1.95 bits per heavy atom. The minimum Gasteiger partial charge on any atom is -0.367 e. The molecule has 1 aliphatic carbocycles. The molecule has 1 aromatic carbocycles. The van der Waals surface area contributed by atoms with Gasteiger partial charge in [0.25, 0.3) is 0 Å². The highest BCUT2D eigenvalue weighted by molar-refractivity contribution is 9.10. The van der Waals surface area contributed by atoms with Crippen LogP contribution in [0.25, 0.3) is 0 Å². The second-order valence-electron chi connectivity index (χ2n) is 5.87. The highest BCUT2D eigenvalue weighted by Gasteiger charge is 2.33. The molecule has 1 nitrogen and oxygen atoms in total. The molecule has 2 fully saturated rings. The summed E-state index contributed by atoms with van der Waals surface area (Å²) in [6, 6.07) is 7.35. The third-order valence-electron chi connectivity index (χ3n) is 4.72. The van der Waals surface area contributed by atoms with Crippen LogP contribution in [-0.2, 0) is 5.88 Å². The lowest BCUT2D eigenvalue weighted by Crippen LogP contribution is -2.34. The van der Waals surface area contributed by atoms with Crippen LogP contribution in [0.1, 0.15) is 44.1 Å². The summed E-state index contributed by atoms with van der Waals surface area (Å²) in [6.45, 7) is 1.21. The first-order valence-electron chi connectivity index (χ1n) is 7.40. The lowest BCUT2D eigenvalue weighted by molar-refractivity contribution is 0.430. The van der Waals surface area contributed by atoms with E-state index in [4.69, 9.17) is 11.6 Å². The first-order chi connectivity index (χ1) is 9.29. The minimum atomic E-state index is 0.588. The van der Waals surface area contributed by atoms with E-state index in [9.17, 15) is 0 Å². The van der Waals surface area contributed by atoms with Crippen molar-refractivity contribution in [2.45, 2.75) is 50.4 Å². The fourth-order valence-corrected chi connectivity index (χ4v) is 4.61. The molecule has 0 bridgehead atoms. The van der Waals surface area contributed by atoms with E-state index in [0.29, 0.717) is 5.88 Å². The number of alkyl halides is 1. The largest absolute Gasteiger partial charge is 0.367 e. The Kier molecular flexibility index (Phi) is 4.38. The standard InChI is InChI=1S/C16H21BrClN/c17-14-10-12(11-18)7-8-16(14)19-9-3-6-15(19)13-4-1-2-5-13/h7-8,10,13,15H,1-6,9,11H2. The van der Waals surface area contributed by atoms with Crippen LogP contribution in [0.2, 0.25) is 0 Å². The highest BCUT2D eigenvalue weighted by atomic mass is 79.9. The van der Waals surface area contributed by atoms with Gasteiger partial charge in [-0.3, -0.25) is 0 Å². The summed E-state index contributed by atoms with van der Waals surface area (Å²) in [6.07, 6.45) is 8.43. The Labute approximate surface area is 129 Å². The lowest BCUT2D eigenvalue weighted by Gasteiger charge is -2.32. The Balaban J connectivity index is 1.83. The number of halogens is 2. The van der Waals surface area contributed by atoms with Gasteiger partial charge in [0.15, 0.2) is 0 Å². The smallest absolute Gasteiger partial charge is 0.0513 e. The molecule has 0 amide bonds. The van der Waals surface area contributed by atoms with Crippen LogP contribution in [0.4, 0.5) is 5.69 Å². The molecule has 19 heavy (non-hydrogen) atoms. The van der Waals surface area contributed by atoms with Gasteiger partial charge >= 0.3 is 0 Å². The quantitative estimate of drug-likeness (QED) is 0.670. The Hall–Kier alpha value is -0.210. The van der Waals surface area contributed by atoms with Gasteiger partial charge < -0.3 is 4.90 Å². The third-order valence-corrected chi connectivity index (χ3v) is 5.66. The van der Waals surface area contributed by atoms with Gasteiger partial charge in [-0.1, -0.05) is 18.9 Å². The minimum absolute atomic E-state index is 0.588. The molecule has 0 N–H and O–H groups in total. The molecule has 104 valence electrons. The molecule has 1 saturated heterocycles. The Morgan fingerprint density at radius 1 is 1.16 bits per heavy atom. The summed E-state index contributed by atoms with van der Waals surface area (Å²) in [5.41, 5.74) is 2.55. The summed E-state index contributed by atoms with van der Waals surface area (Å²) in [4.78, 5) is 2.64. The fraction of sp³-hybridized carbons (Fsp3) is 0.625. The van der Waals surface area contributed by atoms with Gasteiger partial charge in [-0.15, -0.1) is 11.6 Å². The maximum absolute atomic E-state index is 5.91. The van der Waals surface area contributed by atoms with Gasteiger partial charge in [-0.2, -0.15) is 0 Å². The second-order valence-corrected chi connectivity index (χ2v) is 6.99. The molecule has 0 aromatic heterocycles. The van der Waals surface area contributed by atoms with Crippen molar-refractivity contribution in [3.8, 4) is 0 Å². The van der Waals surface area contributed by atoms with E-state index in [1.165, 1.54) is 60.8 Å². The van der Waals surface area contributed by atoms with Crippen molar-refractivity contribution in [3.63, 3.8) is 0 Å². The van der Waals surface area contributed by atoms with E-state index in [1.54, 1.807) is 0 Å². The van der Waals surface area contributed by atoms with Crippen LogP contribution >= 0.6 is 27.5 Å². The highest BCUT2D eigenvalue weighted by Crippen LogP contribution is 2.40. The summed E-state index contributed by atoms with van der Waals surface area (Å²) in [7, 11) is 0. The van der Waals surface area contributed by atoms with Crippen LogP contribution in [0, 0.1) is 5.92 Å². The zero-order valence-corrected chi connectivity index (χ0v) is 13.6. The summed E-state index contributed by atoms with van der Waals surface area (Å²) < 4.78 is 1.20. The van der Waals surface area contributed by atoms with Crippen molar-refractivity contribution in [2.75, 3.05) is 11.4 Å². The first-order valence-corrected chi connectivity index (χ1v) is 8.73. The number of anilines is 1. The molecule has 1 saturated carbocycles. The predicted molar refractivity (Wildman–Crippen MR) is 86.0 cm³/mol. The van der Waals surface area contributed by atoms with Crippen molar-refractivity contribution >= 4 is 33.2 Å². The van der Waals surface area contributed by atoms with Gasteiger partial charge in [-0.25, -0.2) is 0 Å². The van der Waals surface area contributed by atoms with E-state index in [0.717, 1.165) is 12.0 Å². The predicted octanol–water partition coefficient (Wildman–Crippen LogP) is 5.35. The molecule has 1 heterocycles. The number of benzene rings is 1. The average molecular weight is 343 g/mol. The molecule has 1 unspecified atom stereocenters. The van der Waals surface area contributed by atoms with Crippen molar-refractivity contribution in [3.05, 3.63) is 28.2 Å². The SMILES string of the molecule is ClCc1ccc(N2CCCC2C2CCCC2)c(Br)c1. The van der Waals surface area contributed by atoms with Gasteiger partial charge in [0.2, 0.25) is 0 Å². The van der Waals surface area contributed by atoms with E-state index < -0.39 is 0 Å². The van der Waals surface area contributed by atoms with Crippen LogP contribution in [-0.4, -0.2) is 12.6 Å². The summed E-state index contributed by atoms with van der Waals surface area (Å²) in [5, 5.41) is 0. The zero-order valence-electron chi connectivity index (χ0n) is 11.2. The van der Waals surface area contributed by atoms with Crippen molar-refractivity contribution in [1.29, 1.82) is 0 Å². The Morgan fingerprint density at radius 3 is 2.63 bits per heavy atom. The van der Waals surface area contributed by atoms with E-state index in [-0.39, 0.29) is 0 Å². The molecule has 3 heteroatoms. The number of nitrogens with zero attached hydrogens (tertiary/aromatic N) is 1. The summed E-state index contributed by atoms with van der Waals surface area (Å²) in [5.74, 6) is 1.51. The molecule has 0 radical (unpaired) electrons. The van der Waals surface area contributed by atoms with Gasteiger partial charge in [0.1, 0.15) is 0 Å². The van der Waals surface area contributed by atoms with E-state index in [2.05, 4.69) is 39.0 Å². The van der Waals surface area contributed by atoms with Gasteiger partial charge in [-0.05, 0) is 65.2 Å². The normalized spacial score (nSPS) is 24.3. The average Bonchev–Trinajstić information content (AvgIpc) is 3.08. The molecule has 3 rings (SSSR count). The third kappa shape index (κ3) is 2.80. The fourth-order valence-electron chi connectivity index (χ4n) is 3.79. The monoisotopic (exact) mass is 341 g/mol. The lowest BCUT2D eigenvalue weighted by atomic mass is 9.95. The van der Waals surface area contributed by atoms with Crippen LogP contribution in [0.3, 0.4) is 0 Å². The van der Waals surface area contributed by atoms with E-state index >= 15 is 0 Å². The maximum Gasteiger partial charge on any atom is 0.0513 e. The number of hydrogen-bond donors (Lipinski definition) is 0. The number of hydrogen-bond acceptors (Lipinski definition) is 1. The van der Waals surface area contributed by atoms with Crippen molar-refractivity contribution in [1.82, 2.24) is 0 Å². The van der Waals surface area contributed by atoms with Crippen LogP contribution < -0.4 is 4.90 Å². The van der Waals surface area contributed by atoms with Crippen LogP contribution in [0.5, 0.6) is 0 Å². The van der Waals surface area contributed by atoms with Crippen molar-refractivity contribution in [2.24, 2.45) is 5.92 Å². The second kappa shape index (κ2) is 6.05. The molecular weight excluding hydrogens is 322 g/mol. The molecular formula is C16H21BrClN.